The molecule has 1 fully saturated rings. The van der Waals surface area contributed by atoms with E-state index in [9.17, 15) is 38.5 Å². The minimum Gasteiger partial charge on any atom is -0.386 e. The van der Waals surface area contributed by atoms with Crippen LogP contribution >= 0.6 is 23.5 Å². The first-order valence-electron chi connectivity index (χ1n) is 7.98. The first kappa shape index (κ1) is 26.7. The highest BCUT2D eigenvalue weighted by Crippen LogP contribution is 2.66. The topological polar surface area (TPSA) is 283 Å². The molecule has 21 heteroatoms. The molecule has 1 aliphatic heterocycles. The van der Waals surface area contributed by atoms with Crippen molar-refractivity contribution in [1.82, 2.24) is 14.8 Å². The smallest absolute Gasteiger partial charge is 0.386 e. The van der Waals surface area contributed by atoms with Gasteiger partial charge in [-0.3, -0.25) is 4.52 Å². The van der Waals surface area contributed by atoms with Gasteiger partial charge in [0.05, 0.1) is 12.3 Å². The molecule has 0 aliphatic carbocycles. The summed E-state index contributed by atoms with van der Waals surface area (Å²) in [5, 5.41) is 24.6. The molecule has 18 nitrogen and oxygen atoms in total. The second-order valence-electron chi connectivity index (χ2n) is 6.18. The predicted molar refractivity (Wildman–Crippen MR) is 98.8 cm³/mol. The van der Waals surface area contributed by atoms with Crippen molar-refractivity contribution in [2.75, 3.05) is 5.73 Å². The van der Waals surface area contributed by atoms with Gasteiger partial charge in [-0.1, -0.05) is 5.92 Å². The number of nitrogens with two attached hydrogens (primary N) is 1. The van der Waals surface area contributed by atoms with Crippen molar-refractivity contribution in [1.29, 1.82) is 0 Å². The van der Waals surface area contributed by atoms with Gasteiger partial charge in [-0.25, -0.2) is 18.5 Å². The predicted octanol–water partition coefficient (Wildman–Crippen LogP) is -2.43. The number of phosphoric ester groups is 1. The zero-order valence-electron chi connectivity index (χ0n) is 15.7. The zero-order valence-corrected chi connectivity index (χ0v) is 18.4. The van der Waals surface area contributed by atoms with Crippen LogP contribution < -0.4 is 11.4 Å². The van der Waals surface area contributed by atoms with Crippen LogP contribution in [0.15, 0.2) is 11.0 Å². The average molecular weight is 522 g/mol. The molecule has 2 rings (SSSR count). The third kappa shape index (κ3) is 6.07. The van der Waals surface area contributed by atoms with Crippen LogP contribution in [-0.4, -0.2) is 68.5 Å². The molecule has 0 bridgehead atoms. The third-order valence-electron chi connectivity index (χ3n) is 3.79. The molecule has 0 aromatic carbocycles. The Labute approximate surface area is 178 Å². The molecule has 0 spiro atoms. The van der Waals surface area contributed by atoms with E-state index in [4.69, 9.17) is 26.7 Å². The Balaban J connectivity index is 2.27. The standard InChI is InChI=1S/C11H17N4O14P3/c1-3-11(18)8(16)7(26-9(11)15-10(17)14-6(12)4-13-15)5(2)27-31(22,23)29-32(24,25)28-30(19,20)21/h1,4-5,7-9,16,18H,2H3,(H,22,23)(H,24,25)(H2,12,14,17)(H2,19,20,21)/t5-,7+,8-,9+,11?/m0/s1. The van der Waals surface area contributed by atoms with Gasteiger partial charge in [-0.15, -0.1) is 6.42 Å². The maximum absolute atomic E-state index is 12.0. The fourth-order valence-electron chi connectivity index (χ4n) is 2.58. The Morgan fingerprint density at radius 1 is 1.28 bits per heavy atom. The van der Waals surface area contributed by atoms with Crippen LogP contribution in [0.4, 0.5) is 5.82 Å². The molecule has 7 atom stereocenters. The molecule has 180 valence electrons. The second kappa shape index (κ2) is 9.01. The van der Waals surface area contributed by atoms with Crippen LogP contribution in [0.1, 0.15) is 13.2 Å². The summed E-state index contributed by atoms with van der Waals surface area (Å²) >= 11 is 0. The molecule has 1 aromatic rings. The van der Waals surface area contributed by atoms with Crippen molar-refractivity contribution in [3.05, 3.63) is 16.7 Å². The van der Waals surface area contributed by atoms with Crippen molar-refractivity contribution >= 4 is 29.3 Å². The van der Waals surface area contributed by atoms with E-state index >= 15 is 0 Å². The van der Waals surface area contributed by atoms with Gasteiger partial charge in [0, 0.05) is 0 Å². The summed E-state index contributed by atoms with van der Waals surface area (Å²) in [5.41, 5.74) is 1.52. The lowest BCUT2D eigenvalue weighted by Gasteiger charge is -2.26. The summed E-state index contributed by atoms with van der Waals surface area (Å²) in [7, 11) is -17.0. The largest absolute Gasteiger partial charge is 0.490 e. The fraction of sp³-hybridized carbons (Fsp3) is 0.545. The van der Waals surface area contributed by atoms with Crippen LogP contribution in [-0.2, 0) is 31.6 Å². The summed E-state index contributed by atoms with van der Waals surface area (Å²) in [6, 6.07) is 0. The van der Waals surface area contributed by atoms with Crippen molar-refractivity contribution in [3.8, 4) is 12.3 Å². The van der Waals surface area contributed by atoms with Gasteiger partial charge in [-0.05, 0) is 6.92 Å². The Hall–Kier alpha value is -1.54. The van der Waals surface area contributed by atoms with E-state index in [2.05, 4.69) is 23.2 Å². The lowest BCUT2D eigenvalue weighted by atomic mass is 9.93. The number of hydrogen-bond donors (Lipinski definition) is 7. The fourth-order valence-corrected chi connectivity index (χ4v) is 5.78. The summed E-state index contributed by atoms with van der Waals surface area (Å²) in [4.78, 5) is 51.2. The van der Waals surface area contributed by atoms with Gasteiger partial charge in [-0.2, -0.15) is 23.4 Å². The molecule has 1 aliphatic rings. The van der Waals surface area contributed by atoms with Gasteiger partial charge >= 0.3 is 29.2 Å². The minimum atomic E-state index is -5.80. The van der Waals surface area contributed by atoms with Crippen molar-refractivity contribution in [2.45, 2.75) is 37.1 Å². The highest BCUT2D eigenvalue weighted by molar-refractivity contribution is 7.66. The molecule has 0 radical (unpaired) electrons. The highest BCUT2D eigenvalue weighted by Gasteiger charge is 2.59. The summed E-state index contributed by atoms with van der Waals surface area (Å²) < 4.78 is 51.4. The van der Waals surface area contributed by atoms with E-state index in [0.29, 0.717) is 4.68 Å². The monoisotopic (exact) mass is 522 g/mol. The number of hydrogen-bond acceptors (Lipinski definition) is 13. The highest BCUT2D eigenvalue weighted by atomic mass is 31.3. The molecule has 1 saturated heterocycles. The number of phosphoric acid groups is 3. The summed E-state index contributed by atoms with van der Waals surface area (Å²) in [5.74, 6) is 1.52. The van der Waals surface area contributed by atoms with Gasteiger partial charge in [0.15, 0.2) is 6.23 Å². The summed E-state index contributed by atoms with van der Waals surface area (Å²) in [6.45, 7) is 0.961. The SMILES string of the molecule is C#CC1(O)[C@@H](O)[C@@H]([C@H](C)OP(=O)(O)OP(=O)(O)OP(=O)(O)O)O[C@H]1n1ncc(N)nc1=O. The zero-order chi connectivity index (χ0) is 24.7. The van der Waals surface area contributed by atoms with Crippen LogP contribution in [0, 0.1) is 12.3 Å². The number of rotatable bonds is 8. The van der Waals surface area contributed by atoms with Crippen LogP contribution in [0.3, 0.4) is 0 Å². The van der Waals surface area contributed by atoms with Crippen molar-refractivity contribution < 1.29 is 61.4 Å². The molecule has 1 aromatic heterocycles. The normalized spacial score (nSPS) is 30.8. The Kier molecular flexibility index (Phi) is 7.52. The van der Waals surface area contributed by atoms with Gasteiger partial charge in [0.25, 0.3) is 0 Å². The number of nitrogens with zero attached hydrogens (tertiary/aromatic N) is 3. The van der Waals surface area contributed by atoms with Crippen LogP contribution in [0.5, 0.6) is 0 Å². The lowest BCUT2D eigenvalue weighted by molar-refractivity contribution is -0.0931. The number of aromatic nitrogens is 3. The second-order valence-corrected chi connectivity index (χ2v) is 10.6. The van der Waals surface area contributed by atoms with E-state index in [0.717, 1.165) is 13.1 Å². The maximum Gasteiger partial charge on any atom is 0.490 e. The number of aliphatic hydroxyl groups is 2. The third-order valence-corrected chi connectivity index (χ3v) is 7.72. The van der Waals surface area contributed by atoms with E-state index in [1.807, 2.05) is 0 Å². The average Bonchev–Trinajstić information content (AvgIpc) is 2.84. The lowest BCUT2D eigenvalue weighted by Crippen LogP contribution is -2.49. The Bertz CT molecular complexity index is 1110. The van der Waals surface area contributed by atoms with Gasteiger partial charge < -0.3 is 40.3 Å². The molecule has 32 heavy (non-hydrogen) atoms. The van der Waals surface area contributed by atoms with Gasteiger partial charge in [0.1, 0.15) is 18.0 Å². The molecule has 0 amide bonds. The van der Waals surface area contributed by atoms with Gasteiger partial charge in [0.2, 0.25) is 5.60 Å². The molecule has 0 saturated carbocycles. The summed E-state index contributed by atoms with van der Waals surface area (Å²) in [6.07, 6.45) is -1.39. The maximum atomic E-state index is 12.0. The van der Waals surface area contributed by atoms with E-state index < -0.39 is 59.3 Å². The molecular weight excluding hydrogens is 505 g/mol. The first-order chi connectivity index (χ1) is 14.4. The number of ether oxygens (including phenoxy) is 1. The van der Waals surface area contributed by atoms with Crippen LogP contribution in [0.2, 0.25) is 0 Å². The van der Waals surface area contributed by atoms with E-state index in [-0.39, 0.29) is 5.82 Å². The first-order valence-corrected chi connectivity index (χ1v) is 12.5. The number of terminal acetylenes is 1. The molecule has 3 unspecified atom stereocenters. The molecule has 2 heterocycles. The number of anilines is 1. The van der Waals surface area contributed by atoms with E-state index in [1.165, 1.54) is 0 Å². The number of aliphatic hydroxyl groups excluding tert-OH is 1. The van der Waals surface area contributed by atoms with Crippen molar-refractivity contribution in [3.63, 3.8) is 0 Å². The number of nitrogen functional groups attached to an aromatic ring is 1. The minimum absolute atomic E-state index is 0.286. The quantitative estimate of drug-likeness (QED) is 0.138. The molecular formula is C11H17N4O14P3. The molecule has 8 N–H and O–H groups in total. The van der Waals surface area contributed by atoms with E-state index in [1.54, 1.807) is 5.92 Å². The van der Waals surface area contributed by atoms with Crippen LogP contribution in [0.25, 0.3) is 0 Å². The van der Waals surface area contributed by atoms with Crippen molar-refractivity contribution in [2.24, 2.45) is 0 Å². The Morgan fingerprint density at radius 2 is 1.88 bits per heavy atom. The Morgan fingerprint density at radius 3 is 2.38 bits per heavy atom.